The number of carboxylic acid groups (broad SMARTS) is 1. The summed E-state index contributed by atoms with van der Waals surface area (Å²) in [5.41, 5.74) is 1.73. The number of aliphatic carboxylic acids is 1. The van der Waals surface area contributed by atoms with Crippen molar-refractivity contribution in [3.8, 4) is 5.75 Å². The molecular formula is C13H16N2O4S. The molecule has 1 heterocycles. The van der Waals surface area contributed by atoms with Gasteiger partial charge in [-0.2, -0.15) is 0 Å². The number of carbonyl (C=O) groups is 1. The van der Waals surface area contributed by atoms with Crippen LogP contribution in [0, 0.1) is 0 Å². The van der Waals surface area contributed by atoms with Gasteiger partial charge >= 0.3 is 5.97 Å². The van der Waals surface area contributed by atoms with E-state index in [9.17, 15) is 4.79 Å². The van der Waals surface area contributed by atoms with Crippen molar-refractivity contribution in [2.75, 3.05) is 26.6 Å². The average molecular weight is 296 g/mol. The molecule has 6 nitrogen and oxygen atoms in total. The molecule has 0 spiro atoms. The Hall–Kier alpha value is -1.73. The standard InChI is InChI=1S/C13H16N2O4S/c1-18-6-5-15-11-7-9(19-2)3-4-10(11)14-13(15)20-8-12(16)17/h3-4,7H,5-6,8H2,1-2H3,(H,16,17). The Balaban J connectivity index is 2.40. The first-order valence-electron chi connectivity index (χ1n) is 6.03. The Labute approximate surface area is 120 Å². The van der Waals surface area contributed by atoms with Crippen LogP contribution in [0.15, 0.2) is 23.4 Å². The molecule has 0 atom stereocenters. The van der Waals surface area contributed by atoms with Gasteiger partial charge in [0.1, 0.15) is 5.75 Å². The summed E-state index contributed by atoms with van der Waals surface area (Å²) in [6.45, 7) is 1.14. The Morgan fingerprint density at radius 3 is 2.90 bits per heavy atom. The summed E-state index contributed by atoms with van der Waals surface area (Å²) in [7, 11) is 3.24. The van der Waals surface area contributed by atoms with Gasteiger partial charge in [0.05, 0.1) is 30.5 Å². The third-order valence-corrected chi connectivity index (χ3v) is 3.73. The summed E-state index contributed by atoms with van der Waals surface area (Å²) in [5.74, 6) is -0.142. The number of aromatic nitrogens is 2. The summed E-state index contributed by atoms with van der Waals surface area (Å²) < 4.78 is 12.3. The van der Waals surface area contributed by atoms with E-state index >= 15 is 0 Å². The molecule has 0 saturated carbocycles. The zero-order chi connectivity index (χ0) is 14.5. The Morgan fingerprint density at radius 1 is 1.45 bits per heavy atom. The topological polar surface area (TPSA) is 73.6 Å². The summed E-state index contributed by atoms with van der Waals surface area (Å²) in [4.78, 5) is 15.2. The molecule has 0 aliphatic carbocycles. The van der Waals surface area contributed by atoms with Crippen molar-refractivity contribution in [2.24, 2.45) is 0 Å². The van der Waals surface area contributed by atoms with Gasteiger partial charge in [-0.3, -0.25) is 4.79 Å². The number of hydrogen-bond donors (Lipinski definition) is 1. The highest BCUT2D eigenvalue weighted by Gasteiger charge is 2.13. The fraction of sp³-hybridized carbons (Fsp3) is 0.385. The maximum absolute atomic E-state index is 10.7. The molecule has 7 heteroatoms. The number of methoxy groups -OCH3 is 2. The predicted molar refractivity (Wildman–Crippen MR) is 76.5 cm³/mol. The molecular weight excluding hydrogens is 280 g/mol. The van der Waals surface area contributed by atoms with Crippen molar-refractivity contribution in [1.29, 1.82) is 0 Å². The van der Waals surface area contributed by atoms with E-state index in [-0.39, 0.29) is 5.75 Å². The van der Waals surface area contributed by atoms with Gasteiger partial charge in [0.25, 0.3) is 0 Å². The number of nitrogens with zero attached hydrogens (tertiary/aromatic N) is 2. The maximum atomic E-state index is 10.7. The van der Waals surface area contributed by atoms with Crippen LogP contribution in [0.2, 0.25) is 0 Å². The second kappa shape index (κ2) is 6.62. The summed E-state index contributed by atoms with van der Waals surface area (Å²) in [5, 5.41) is 9.47. The zero-order valence-corrected chi connectivity index (χ0v) is 12.1. The minimum absolute atomic E-state index is 0.0204. The Kier molecular flexibility index (Phi) is 4.86. The Morgan fingerprint density at radius 2 is 2.25 bits per heavy atom. The van der Waals surface area contributed by atoms with Crippen LogP contribution < -0.4 is 4.74 Å². The summed E-state index contributed by atoms with van der Waals surface area (Å²) in [6, 6.07) is 5.59. The third-order valence-electron chi connectivity index (χ3n) is 2.76. The first-order chi connectivity index (χ1) is 9.65. The van der Waals surface area contributed by atoms with Crippen molar-refractivity contribution in [2.45, 2.75) is 11.7 Å². The first kappa shape index (κ1) is 14.7. The van der Waals surface area contributed by atoms with Crippen LogP contribution in [0.5, 0.6) is 5.75 Å². The number of carboxylic acids is 1. The van der Waals surface area contributed by atoms with Crippen molar-refractivity contribution in [3.63, 3.8) is 0 Å². The largest absolute Gasteiger partial charge is 0.497 e. The second-order valence-electron chi connectivity index (χ2n) is 4.08. The molecule has 108 valence electrons. The fourth-order valence-electron chi connectivity index (χ4n) is 1.84. The molecule has 2 aromatic rings. The molecule has 0 amide bonds. The summed E-state index contributed by atoms with van der Waals surface area (Å²) >= 11 is 1.20. The Bertz CT molecular complexity index is 612. The molecule has 0 radical (unpaired) electrons. The minimum atomic E-state index is -0.863. The van der Waals surface area contributed by atoms with Gasteiger partial charge < -0.3 is 19.1 Å². The summed E-state index contributed by atoms with van der Waals surface area (Å²) in [6.07, 6.45) is 0. The van der Waals surface area contributed by atoms with Gasteiger partial charge in [-0.25, -0.2) is 4.98 Å². The first-order valence-corrected chi connectivity index (χ1v) is 7.02. The lowest BCUT2D eigenvalue weighted by molar-refractivity contribution is -0.133. The van der Waals surface area contributed by atoms with Crippen LogP contribution in [0.25, 0.3) is 11.0 Å². The van der Waals surface area contributed by atoms with Gasteiger partial charge in [-0.1, -0.05) is 11.8 Å². The molecule has 0 fully saturated rings. The zero-order valence-electron chi connectivity index (χ0n) is 11.3. The quantitative estimate of drug-likeness (QED) is 0.786. The third kappa shape index (κ3) is 3.23. The highest BCUT2D eigenvalue weighted by Crippen LogP contribution is 2.27. The molecule has 0 bridgehead atoms. The number of thioether (sulfide) groups is 1. The van der Waals surface area contributed by atoms with Crippen LogP contribution in [-0.2, 0) is 16.1 Å². The number of imidazole rings is 1. The number of ether oxygens (including phenoxy) is 2. The number of fused-ring (bicyclic) bond motifs is 1. The number of benzene rings is 1. The molecule has 0 saturated heterocycles. The molecule has 1 aromatic carbocycles. The average Bonchev–Trinajstić information content (AvgIpc) is 2.79. The van der Waals surface area contributed by atoms with E-state index in [1.165, 1.54) is 11.8 Å². The predicted octanol–water partition coefficient (Wildman–Crippen LogP) is 1.87. The molecule has 0 unspecified atom stereocenters. The van der Waals surface area contributed by atoms with Crippen molar-refractivity contribution in [1.82, 2.24) is 9.55 Å². The van der Waals surface area contributed by atoms with Crippen LogP contribution in [0.1, 0.15) is 0 Å². The molecule has 1 N–H and O–H groups in total. The normalized spacial score (nSPS) is 10.9. The van der Waals surface area contributed by atoms with Crippen molar-refractivity contribution in [3.05, 3.63) is 18.2 Å². The van der Waals surface area contributed by atoms with Gasteiger partial charge in [0.2, 0.25) is 0 Å². The van der Waals surface area contributed by atoms with Gasteiger partial charge in [0.15, 0.2) is 5.16 Å². The van der Waals surface area contributed by atoms with E-state index in [0.717, 1.165) is 16.8 Å². The van der Waals surface area contributed by atoms with Crippen molar-refractivity contribution < 1.29 is 19.4 Å². The smallest absolute Gasteiger partial charge is 0.313 e. The molecule has 1 aromatic heterocycles. The molecule has 0 aliphatic rings. The van der Waals surface area contributed by atoms with Gasteiger partial charge in [-0.05, 0) is 12.1 Å². The lowest BCUT2D eigenvalue weighted by atomic mass is 10.3. The second-order valence-corrected chi connectivity index (χ2v) is 5.02. The van der Waals surface area contributed by atoms with E-state index in [0.29, 0.717) is 18.3 Å². The van der Waals surface area contributed by atoms with Gasteiger partial charge in [-0.15, -0.1) is 0 Å². The highest BCUT2D eigenvalue weighted by molar-refractivity contribution is 7.99. The monoisotopic (exact) mass is 296 g/mol. The van der Waals surface area contributed by atoms with Crippen LogP contribution in [-0.4, -0.2) is 47.2 Å². The van der Waals surface area contributed by atoms with Crippen LogP contribution >= 0.6 is 11.8 Å². The number of rotatable bonds is 7. The maximum Gasteiger partial charge on any atom is 0.313 e. The van der Waals surface area contributed by atoms with E-state index in [1.807, 2.05) is 22.8 Å². The lowest BCUT2D eigenvalue weighted by Gasteiger charge is -2.08. The fourth-order valence-corrected chi connectivity index (χ4v) is 2.60. The molecule has 0 aliphatic heterocycles. The van der Waals surface area contributed by atoms with E-state index in [1.54, 1.807) is 14.2 Å². The van der Waals surface area contributed by atoms with E-state index in [2.05, 4.69) is 4.98 Å². The van der Waals surface area contributed by atoms with E-state index < -0.39 is 5.97 Å². The van der Waals surface area contributed by atoms with E-state index in [4.69, 9.17) is 14.6 Å². The lowest BCUT2D eigenvalue weighted by Crippen LogP contribution is -2.07. The minimum Gasteiger partial charge on any atom is -0.497 e. The molecule has 20 heavy (non-hydrogen) atoms. The van der Waals surface area contributed by atoms with Crippen LogP contribution in [0.3, 0.4) is 0 Å². The SMILES string of the molecule is COCCn1c(SCC(=O)O)nc2ccc(OC)cc21. The number of hydrogen-bond acceptors (Lipinski definition) is 5. The highest BCUT2D eigenvalue weighted by atomic mass is 32.2. The molecule has 2 rings (SSSR count). The van der Waals surface area contributed by atoms with Crippen molar-refractivity contribution >= 4 is 28.8 Å². The van der Waals surface area contributed by atoms with Gasteiger partial charge in [0, 0.05) is 19.7 Å². The van der Waals surface area contributed by atoms with Crippen LogP contribution in [0.4, 0.5) is 0 Å².